The number of nitrogens with zero attached hydrogens (tertiary/aromatic N) is 5. The van der Waals surface area contributed by atoms with Crippen molar-refractivity contribution >= 4 is 23.4 Å². The SMILES string of the molecule is CCCN(CC(=O)N(C)C)c1nc(N)nc(C)c1[N+](=O)[O-]. The maximum Gasteiger partial charge on any atom is 0.332 e. The van der Waals surface area contributed by atoms with Crippen LogP contribution in [0.15, 0.2) is 0 Å². The second-order valence-corrected chi connectivity index (χ2v) is 4.81. The van der Waals surface area contributed by atoms with Crippen LogP contribution in [0, 0.1) is 17.0 Å². The third-order valence-corrected chi connectivity index (χ3v) is 2.86. The number of carbonyl (C=O) groups excluding carboxylic acids is 1. The Hall–Kier alpha value is -2.45. The topological polar surface area (TPSA) is 118 Å². The van der Waals surface area contributed by atoms with Gasteiger partial charge in [0, 0.05) is 20.6 Å². The molecule has 1 aromatic heterocycles. The molecule has 1 rings (SSSR count). The molecule has 0 atom stereocenters. The average Bonchev–Trinajstić information content (AvgIpc) is 2.36. The van der Waals surface area contributed by atoms with Crippen molar-refractivity contribution < 1.29 is 9.72 Å². The lowest BCUT2D eigenvalue weighted by atomic mass is 10.3. The van der Waals surface area contributed by atoms with Crippen LogP contribution in [0.3, 0.4) is 0 Å². The Morgan fingerprint density at radius 3 is 2.48 bits per heavy atom. The number of carbonyl (C=O) groups is 1. The Balaban J connectivity index is 3.30. The molecule has 0 radical (unpaired) electrons. The Morgan fingerprint density at radius 1 is 1.38 bits per heavy atom. The summed E-state index contributed by atoms with van der Waals surface area (Å²) < 4.78 is 0. The van der Waals surface area contributed by atoms with Gasteiger partial charge >= 0.3 is 5.69 Å². The van der Waals surface area contributed by atoms with Gasteiger partial charge in [-0.2, -0.15) is 4.98 Å². The van der Waals surface area contributed by atoms with Crippen molar-refractivity contribution in [2.45, 2.75) is 20.3 Å². The van der Waals surface area contributed by atoms with E-state index in [-0.39, 0.29) is 35.6 Å². The zero-order valence-electron chi connectivity index (χ0n) is 12.7. The molecule has 116 valence electrons. The summed E-state index contributed by atoms with van der Waals surface area (Å²) in [6.07, 6.45) is 0.709. The molecule has 0 unspecified atom stereocenters. The van der Waals surface area contributed by atoms with E-state index in [2.05, 4.69) is 9.97 Å². The fourth-order valence-electron chi connectivity index (χ4n) is 1.84. The minimum Gasteiger partial charge on any atom is -0.368 e. The molecule has 1 amide bonds. The Labute approximate surface area is 122 Å². The second-order valence-electron chi connectivity index (χ2n) is 4.81. The Bertz CT molecular complexity index is 546. The molecule has 1 heterocycles. The Kier molecular flexibility index (Phi) is 5.39. The van der Waals surface area contributed by atoms with E-state index in [1.54, 1.807) is 19.0 Å². The summed E-state index contributed by atoms with van der Waals surface area (Å²) >= 11 is 0. The summed E-state index contributed by atoms with van der Waals surface area (Å²) in [7, 11) is 3.25. The number of aryl methyl sites for hydroxylation is 1. The number of nitrogens with two attached hydrogens (primary N) is 1. The van der Waals surface area contributed by atoms with Gasteiger partial charge in [0.1, 0.15) is 5.69 Å². The summed E-state index contributed by atoms with van der Waals surface area (Å²) in [6, 6.07) is 0. The summed E-state index contributed by atoms with van der Waals surface area (Å²) in [5.41, 5.74) is 5.55. The number of aromatic nitrogens is 2. The molecular weight excluding hydrogens is 276 g/mol. The molecule has 0 aromatic carbocycles. The lowest BCUT2D eigenvalue weighted by molar-refractivity contribution is -0.385. The van der Waals surface area contributed by atoms with E-state index in [1.165, 1.54) is 11.8 Å². The third kappa shape index (κ3) is 4.01. The summed E-state index contributed by atoms with van der Waals surface area (Å²) in [5.74, 6) is -0.138. The predicted molar refractivity (Wildman–Crippen MR) is 79.0 cm³/mol. The predicted octanol–water partition coefficient (Wildman–Crippen LogP) is 0.580. The molecule has 0 bridgehead atoms. The van der Waals surface area contributed by atoms with Crippen molar-refractivity contribution in [2.75, 3.05) is 37.8 Å². The second kappa shape index (κ2) is 6.82. The molecular formula is C12H20N6O3. The van der Waals surface area contributed by atoms with Crippen LogP contribution < -0.4 is 10.6 Å². The van der Waals surface area contributed by atoms with Crippen LogP contribution in [-0.2, 0) is 4.79 Å². The van der Waals surface area contributed by atoms with Crippen LogP contribution in [0.2, 0.25) is 0 Å². The molecule has 21 heavy (non-hydrogen) atoms. The molecule has 2 N–H and O–H groups in total. The average molecular weight is 296 g/mol. The number of amides is 1. The van der Waals surface area contributed by atoms with Crippen LogP contribution in [-0.4, -0.2) is 52.9 Å². The van der Waals surface area contributed by atoms with E-state index in [0.717, 1.165) is 0 Å². The zero-order valence-corrected chi connectivity index (χ0v) is 12.7. The maximum absolute atomic E-state index is 11.9. The van der Waals surface area contributed by atoms with E-state index in [4.69, 9.17) is 5.73 Å². The van der Waals surface area contributed by atoms with E-state index in [0.29, 0.717) is 13.0 Å². The van der Waals surface area contributed by atoms with Gasteiger partial charge in [-0.1, -0.05) is 6.92 Å². The first kappa shape index (κ1) is 16.6. The minimum absolute atomic E-state index is 0.00241. The van der Waals surface area contributed by atoms with E-state index in [1.807, 2.05) is 6.92 Å². The molecule has 0 saturated heterocycles. The molecule has 1 aromatic rings. The quantitative estimate of drug-likeness (QED) is 0.602. The van der Waals surface area contributed by atoms with Crippen LogP contribution in [0.4, 0.5) is 17.5 Å². The number of rotatable bonds is 6. The van der Waals surface area contributed by atoms with Crippen molar-refractivity contribution in [3.63, 3.8) is 0 Å². The minimum atomic E-state index is -0.549. The van der Waals surface area contributed by atoms with Crippen molar-refractivity contribution in [2.24, 2.45) is 0 Å². The van der Waals surface area contributed by atoms with Gasteiger partial charge in [0.2, 0.25) is 17.7 Å². The van der Waals surface area contributed by atoms with Gasteiger partial charge in [-0.15, -0.1) is 0 Å². The van der Waals surface area contributed by atoms with E-state index in [9.17, 15) is 14.9 Å². The molecule has 0 aliphatic rings. The highest BCUT2D eigenvalue weighted by Crippen LogP contribution is 2.29. The normalized spacial score (nSPS) is 10.3. The van der Waals surface area contributed by atoms with Gasteiger partial charge in [0.15, 0.2) is 0 Å². The standard InChI is InChI=1S/C12H20N6O3/c1-5-6-17(7-9(19)16(3)4)11-10(18(20)21)8(2)14-12(13)15-11/h5-7H2,1-4H3,(H2,13,14,15). The summed E-state index contributed by atoms with van der Waals surface area (Å²) in [5, 5.41) is 11.2. The molecule has 0 spiro atoms. The molecule has 0 saturated carbocycles. The lowest BCUT2D eigenvalue weighted by Crippen LogP contribution is -2.38. The highest BCUT2D eigenvalue weighted by molar-refractivity contribution is 5.81. The zero-order chi connectivity index (χ0) is 16.2. The number of likely N-dealkylation sites (N-methyl/N-ethyl adjacent to an activating group) is 1. The highest BCUT2D eigenvalue weighted by atomic mass is 16.6. The Morgan fingerprint density at radius 2 is 2.00 bits per heavy atom. The van der Waals surface area contributed by atoms with Crippen LogP contribution in [0.1, 0.15) is 19.0 Å². The highest BCUT2D eigenvalue weighted by Gasteiger charge is 2.27. The fraction of sp³-hybridized carbons (Fsp3) is 0.583. The summed E-state index contributed by atoms with van der Waals surface area (Å²) in [6.45, 7) is 3.86. The van der Waals surface area contributed by atoms with Gasteiger partial charge in [-0.05, 0) is 13.3 Å². The maximum atomic E-state index is 11.9. The van der Waals surface area contributed by atoms with Crippen molar-refractivity contribution in [3.05, 3.63) is 15.8 Å². The first-order chi connectivity index (χ1) is 9.77. The third-order valence-electron chi connectivity index (χ3n) is 2.86. The van der Waals surface area contributed by atoms with Crippen LogP contribution in [0.25, 0.3) is 0 Å². The molecule has 0 aliphatic heterocycles. The lowest BCUT2D eigenvalue weighted by Gasteiger charge is -2.24. The molecule has 0 fully saturated rings. The summed E-state index contributed by atoms with van der Waals surface area (Å²) in [4.78, 5) is 33.4. The van der Waals surface area contributed by atoms with Gasteiger partial charge < -0.3 is 15.5 Å². The molecule has 0 aliphatic carbocycles. The number of nitrogen functional groups attached to an aromatic ring is 1. The van der Waals surface area contributed by atoms with E-state index < -0.39 is 4.92 Å². The number of nitro groups is 1. The number of anilines is 2. The van der Waals surface area contributed by atoms with E-state index >= 15 is 0 Å². The largest absolute Gasteiger partial charge is 0.368 e. The molecule has 9 nitrogen and oxygen atoms in total. The van der Waals surface area contributed by atoms with Gasteiger partial charge in [0.05, 0.1) is 11.5 Å². The van der Waals surface area contributed by atoms with Crippen molar-refractivity contribution in [3.8, 4) is 0 Å². The fourth-order valence-corrected chi connectivity index (χ4v) is 1.84. The van der Waals surface area contributed by atoms with Gasteiger partial charge in [0.25, 0.3) is 0 Å². The monoisotopic (exact) mass is 296 g/mol. The number of hydrogen-bond acceptors (Lipinski definition) is 7. The van der Waals surface area contributed by atoms with Crippen molar-refractivity contribution in [1.82, 2.24) is 14.9 Å². The van der Waals surface area contributed by atoms with Crippen molar-refractivity contribution in [1.29, 1.82) is 0 Å². The van der Waals surface area contributed by atoms with Crippen LogP contribution >= 0.6 is 0 Å². The smallest absolute Gasteiger partial charge is 0.332 e. The van der Waals surface area contributed by atoms with Gasteiger partial charge in [-0.3, -0.25) is 14.9 Å². The first-order valence-corrected chi connectivity index (χ1v) is 6.51. The van der Waals surface area contributed by atoms with Gasteiger partial charge in [-0.25, -0.2) is 4.98 Å². The molecule has 9 heteroatoms. The van der Waals surface area contributed by atoms with Crippen LogP contribution in [0.5, 0.6) is 0 Å². The number of hydrogen-bond donors (Lipinski definition) is 1. The first-order valence-electron chi connectivity index (χ1n) is 6.51.